The molecule has 0 saturated carbocycles. The van der Waals surface area contributed by atoms with Gasteiger partial charge in [0.05, 0.1) is 11.3 Å². The van der Waals surface area contributed by atoms with Crippen LogP contribution in [0.3, 0.4) is 0 Å². The van der Waals surface area contributed by atoms with Crippen molar-refractivity contribution < 1.29 is 4.79 Å². The molecule has 3 aromatic heterocycles. The molecule has 0 radical (unpaired) electrons. The lowest BCUT2D eigenvalue weighted by Crippen LogP contribution is -2.25. The lowest BCUT2D eigenvalue weighted by Gasteiger charge is -2.09. The van der Waals surface area contributed by atoms with Gasteiger partial charge in [-0.25, -0.2) is 0 Å². The molecule has 0 aliphatic carbocycles. The summed E-state index contributed by atoms with van der Waals surface area (Å²) in [5, 5.41) is 14.5. The monoisotopic (exact) mass is 461 g/mol. The average molecular weight is 462 g/mol. The van der Waals surface area contributed by atoms with Gasteiger partial charge in [-0.05, 0) is 29.5 Å². The van der Waals surface area contributed by atoms with Crippen molar-refractivity contribution in [2.24, 2.45) is 0 Å². The van der Waals surface area contributed by atoms with Crippen LogP contribution in [-0.2, 0) is 17.9 Å². The predicted octanol–water partition coefficient (Wildman–Crippen LogP) is 3.97. The van der Waals surface area contributed by atoms with Crippen LogP contribution in [0, 0.1) is 0 Å². The van der Waals surface area contributed by atoms with Crippen molar-refractivity contribution in [3.8, 4) is 0 Å². The second-order valence-corrected chi connectivity index (χ2v) is 8.99. The normalized spacial score (nSPS) is 11.4. The van der Waals surface area contributed by atoms with Gasteiger partial charge in [0.2, 0.25) is 11.7 Å². The molecular formula is C20H20ClN5O2S2. The molecule has 1 aromatic carbocycles. The zero-order valence-electron chi connectivity index (χ0n) is 16.3. The topological polar surface area (TPSA) is 81.3 Å². The molecule has 0 bridgehead atoms. The van der Waals surface area contributed by atoms with Gasteiger partial charge in [-0.1, -0.05) is 54.9 Å². The van der Waals surface area contributed by atoms with E-state index in [0.29, 0.717) is 33.7 Å². The van der Waals surface area contributed by atoms with Crippen LogP contribution in [0.15, 0.2) is 45.7 Å². The molecule has 0 atom stereocenters. The maximum absolute atomic E-state index is 12.8. The lowest BCUT2D eigenvalue weighted by atomic mass is 10.2. The maximum Gasteiger partial charge on any atom is 0.272 e. The molecule has 3 heterocycles. The first-order valence-corrected chi connectivity index (χ1v) is 11.8. The zero-order chi connectivity index (χ0) is 21.1. The summed E-state index contributed by atoms with van der Waals surface area (Å²) in [5.74, 6) is 0.571. The Hall–Kier alpha value is -2.36. The number of thiophene rings is 1. The molecule has 4 rings (SSSR count). The third-order valence-electron chi connectivity index (χ3n) is 4.68. The van der Waals surface area contributed by atoms with Crippen LogP contribution in [0.4, 0.5) is 0 Å². The Morgan fingerprint density at radius 2 is 2.10 bits per heavy atom. The summed E-state index contributed by atoms with van der Waals surface area (Å²) in [6, 6.07) is 9.30. The average Bonchev–Trinajstić information content (AvgIpc) is 3.39. The fourth-order valence-electron chi connectivity index (χ4n) is 3.13. The molecule has 156 valence electrons. The number of nitrogens with one attached hydrogen (secondary N) is 1. The van der Waals surface area contributed by atoms with Crippen LogP contribution in [0.2, 0.25) is 5.02 Å². The number of nitrogens with zero attached hydrogens (tertiary/aromatic N) is 4. The van der Waals surface area contributed by atoms with E-state index < -0.39 is 0 Å². The molecule has 0 spiro atoms. The van der Waals surface area contributed by atoms with E-state index in [9.17, 15) is 9.59 Å². The van der Waals surface area contributed by atoms with Crippen LogP contribution in [-0.4, -0.2) is 30.8 Å². The first-order valence-electron chi connectivity index (χ1n) is 9.58. The highest BCUT2D eigenvalue weighted by Crippen LogP contribution is 2.24. The largest absolute Gasteiger partial charge is 0.351 e. The molecule has 1 amide bonds. The van der Waals surface area contributed by atoms with E-state index in [1.165, 1.54) is 23.1 Å². The van der Waals surface area contributed by atoms with Crippen LogP contribution in [0.1, 0.15) is 25.3 Å². The summed E-state index contributed by atoms with van der Waals surface area (Å²) >= 11 is 8.84. The van der Waals surface area contributed by atoms with E-state index in [-0.39, 0.29) is 17.2 Å². The van der Waals surface area contributed by atoms with Gasteiger partial charge in [0.15, 0.2) is 5.16 Å². The smallest absolute Gasteiger partial charge is 0.272 e. The molecule has 1 N–H and O–H groups in total. The molecule has 0 aliphatic rings. The predicted molar refractivity (Wildman–Crippen MR) is 122 cm³/mol. The Bertz CT molecular complexity index is 1260. The van der Waals surface area contributed by atoms with Gasteiger partial charge in [0, 0.05) is 18.1 Å². The van der Waals surface area contributed by atoms with Crippen molar-refractivity contribution in [1.82, 2.24) is 24.5 Å². The highest BCUT2D eigenvalue weighted by atomic mass is 35.5. The molecule has 7 nitrogen and oxygen atoms in total. The number of rotatable bonds is 8. The van der Waals surface area contributed by atoms with E-state index in [1.807, 2.05) is 34.0 Å². The van der Waals surface area contributed by atoms with Gasteiger partial charge < -0.3 is 5.32 Å². The highest BCUT2D eigenvalue weighted by Gasteiger charge is 2.18. The van der Waals surface area contributed by atoms with Crippen molar-refractivity contribution in [2.45, 2.75) is 38.0 Å². The van der Waals surface area contributed by atoms with E-state index >= 15 is 0 Å². The summed E-state index contributed by atoms with van der Waals surface area (Å²) < 4.78 is 4.22. The number of aromatic nitrogens is 4. The standard InChI is InChI=1S/C20H20ClN5O2S2/c1-2-3-9-25-18(28)17-15(8-10-29-17)26-19(25)23-24-20(26)30-12-16(27)22-11-13-6-4-5-7-14(13)21/h4-8,10H,2-3,9,11-12H2,1H3,(H,22,27). The number of aryl methyl sites for hydroxylation is 1. The number of fused-ring (bicyclic) bond motifs is 3. The molecule has 0 aliphatic heterocycles. The molecule has 10 heteroatoms. The summed E-state index contributed by atoms with van der Waals surface area (Å²) in [4.78, 5) is 25.2. The number of hydrogen-bond donors (Lipinski definition) is 1. The number of carbonyl (C=O) groups is 1. The molecule has 0 unspecified atom stereocenters. The third kappa shape index (κ3) is 4.10. The maximum atomic E-state index is 12.8. The van der Waals surface area contributed by atoms with Crippen molar-refractivity contribution in [2.75, 3.05) is 5.75 Å². The fourth-order valence-corrected chi connectivity index (χ4v) is 4.92. The van der Waals surface area contributed by atoms with Crippen molar-refractivity contribution in [3.05, 3.63) is 56.7 Å². The van der Waals surface area contributed by atoms with Crippen LogP contribution in [0.5, 0.6) is 0 Å². The Morgan fingerprint density at radius 3 is 2.90 bits per heavy atom. The number of benzene rings is 1. The third-order valence-corrected chi connectivity index (χ3v) is 6.87. The summed E-state index contributed by atoms with van der Waals surface area (Å²) in [5.41, 5.74) is 1.60. The number of halogens is 1. The summed E-state index contributed by atoms with van der Waals surface area (Å²) in [7, 11) is 0. The fraction of sp³-hybridized carbons (Fsp3) is 0.300. The van der Waals surface area contributed by atoms with Gasteiger partial charge in [-0.2, -0.15) is 0 Å². The van der Waals surface area contributed by atoms with E-state index in [0.717, 1.165) is 23.9 Å². The number of hydrogen-bond acceptors (Lipinski definition) is 6. The zero-order valence-corrected chi connectivity index (χ0v) is 18.7. The van der Waals surface area contributed by atoms with Gasteiger partial charge in [0.1, 0.15) is 4.70 Å². The Balaban J connectivity index is 1.55. The number of unbranched alkanes of at least 4 members (excludes halogenated alkanes) is 1. The minimum absolute atomic E-state index is 0.0395. The van der Waals surface area contributed by atoms with Gasteiger partial charge >= 0.3 is 0 Å². The Kier molecular flexibility index (Phi) is 6.40. The number of thioether (sulfide) groups is 1. The van der Waals surface area contributed by atoms with Crippen molar-refractivity contribution in [1.29, 1.82) is 0 Å². The van der Waals surface area contributed by atoms with Gasteiger partial charge in [0.25, 0.3) is 5.56 Å². The first kappa shape index (κ1) is 20.9. The highest BCUT2D eigenvalue weighted by molar-refractivity contribution is 7.99. The Morgan fingerprint density at radius 1 is 1.27 bits per heavy atom. The van der Waals surface area contributed by atoms with Crippen LogP contribution < -0.4 is 10.9 Å². The molecule has 4 aromatic rings. The van der Waals surface area contributed by atoms with Gasteiger partial charge in [-0.15, -0.1) is 21.5 Å². The van der Waals surface area contributed by atoms with E-state index in [1.54, 1.807) is 10.6 Å². The SMILES string of the molecule is CCCCn1c(=O)c2sccc2n2c(SCC(=O)NCc3ccccc3Cl)nnc12. The molecular weight excluding hydrogens is 442 g/mol. The second-order valence-electron chi connectivity index (χ2n) is 6.72. The molecule has 0 saturated heterocycles. The Labute approximate surface area is 186 Å². The van der Waals surface area contributed by atoms with Crippen LogP contribution >= 0.6 is 34.7 Å². The number of amides is 1. The summed E-state index contributed by atoms with van der Waals surface area (Å²) in [6.07, 6.45) is 1.86. The number of carbonyl (C=O) groups excluding carboxylic acids is 1. The van der Waals surface area contributed by atoms with Crippen LogP contribution in [0.25, 0.3) is 16.0 Å². The lowest BCUT2D eigenvalue weighted by molar-refractivity contribution is -0.118. The van der Waals surface area contributed by atoms with Gasteiger partial charge in [-0.3, -0.25) is 18.6 Å². The molecule has 0 fully saturated rings. The second kappa shape index (κ2) is 9.20. The first-order chi connectivity index (χ1) is 14.6. The molecule has 30 heavy (non-hydrogen) atoms. The van der Waals surface area contributed by atoms with E-state index in [2.05, 4.69) is 22.4 Å². The quantitative estimate of drug-likeness (QED) is 0.401. The van der Waals surface area contributed by atoms with Crippen molar-refractivity contribution >= 4 is 56.6 Å². The minimum Gasteiger partial charge on any atom is -0.351 e. The summed E-state index contributed by atoms with van der Waals surface area (Å²) in [6.45, 7) is 3.04. The van der Waals surface area contributed by atoms with E-state index in [4.69, 9.17) is 11.6 Å². The minimum atomic E-state index is -0.127. The van der Waals surface area contributed by atoms with Crippen molar-refractivity contribution in [3.63, 3.8) is 0 Å².